The summed E-state index contributed by atoms with van der Waals surface area (Å²) in [5.74, 6) is 6.19. The summed E-state index contributed by atoms with van der Waals surface area (Å²) in [6.07, 6.45) is 0.723. The molecule has 0 heterocycles. The Morgan fingerprint density at radius 1 is 1.38 bits per heavy atom. The van der Waals surface area contributed by atoms with Crippen molar-refractivity contribution in [2.24, 2.45) is 10.8 Å². The summed E-state index contributed by atoms with van der Waals surface area (Å²) >= 11 is 0. The number of amidine groups is 1. The Balaban J connectivity index is 2.55. The molecule has 0 radical (unpaired) electrons. The van der Waals surface area contributed by atoms with Crippen LogP contribution in [0.2, 0.25) is 0 Å². The van der Waals surface area contributed by atoms with Crippen LogP contribution in [0.15, 0.2) is 29.3 Å². The number of methoxy groups -OCH3 is 1. The molecule has 0 aromatic heterocycles. The first-order valence-corrected chi connectivity index (χ1v) is 5.30. The van der Waals surface area contributed by atoms with Gasteiger partial charge in [-0.1, -0.05) is 29.8 Å². The number of aliphatic imine (C=N–C) groups is 1. The summed E-state index contributed by atoms with van der Waals surface area (Å²) in [5.41, 5.74) is 5.06. The van der Waals surface area contributed by atoms with E-state index in [9.17, 15) is 0 Å². The fraction of sp³-hybridized carbons (Fsp3) is 0.417. The molecule has 1 aromatic carbocycles. The molecular weight excluding hydrogens is 202 g/mol. The summed E-state index contributed by atoms with van der Waals surface area (Å²) in [6, 6.07) is 8.33. The molecule has 0 spiro atoms. The van der Waals surface area contributed by atoms with Gasteiger partial charge in [0.25, 0.3) is 0 Å². The second-order valence-electron chi connectivity index (χ2n) is 3.63. The van der Waals surface area contributed by atoms with Gasteiger partial charge in [0.1, 0.15) is 5.84 Å². The van der Waals surface area contributed by atoms with Crippen molar-refractivity contribution in [3.8, 4) is 0 Å². The topological polar surface area (TPSA) is 59.6 Å². The van der Waals surface area contributed by atoms with Crippen LogP contribution in [-0.4, -0.2) is 26.1 Å². The average Bonchev–Trinajstić information content (AvgIpc) is 2.31. The number of ether oxygens (including phenoxy) is 1. The number of hydrazine groups is 1. The van der Waals surface area contributed by atoms with Crippen molar-refractivity contribution in [1.29, 1.82) is 0 Å². The van der Waals surface area contributed by atoms with Crippen molar-refractivity contribution < 1.29 is 4.74 Å². The first kappa shape index (κ1) is 12.7. The van der Waals surface area contributed by atoms with Crippen LogP contribution in [0.4, 0.5) is 0 Å². The summed E-state index contributed by atoms with van der Waals surface area (Å²) in [5, 5.41) is 0. The Hall–Kier alpha value is -1.39. The zero-order valence-electron chi connectivity index (χ0n) is 9.86. The van der Waals surface area contributed by atoms with Crippen molar-refractivity contribution in [2.75, 3.05) is 20.3 Å². The van der Waals surface area contributed by atoms with E-state index in [1.807, 2.05) is 0 Å². The van der Waals surface area contributed by atoms with Crippen molar-refractivity contribution >= 4 is 5.84 Å². The fourth-order valence-corrected chi connectivity index (χ4v) is 1.32. The predicted octanol–water partition coefficient (Wildman–Crippen LogP) is 1.05. The zero-order valence-corrected chi connectivity index (χ0v) is 9.86. The molecular formula is C12H19N3O. The van der Waals surface area contributed by atoms with Crippen LogP contribution in [0.5, 0.6) is 0 Å². The Kier molecular flexibility index (Phi) is 5.53. The third kappa shape index (κ3) is 4.42. The first-order valence-electron chi connectivity index (χ1n) is 5.30. The van der Waals surface area contributed by atoms with Gasteiger partial charge in [-0.05, 0) is 12.5 Å². The maximum absolute atomic E-state index is 5.41. The number of aryl methyl sites for hydroxylation is 1. The molecule has 0 amide bonds. The van der Waals surface area contributed by atoms with E-state index in [1.165, 1.54) is 11.1 Å². The Morgan fingerprint density at radius 2 is 2.06 bits per heavy atom. The van der Waals surface area contributed by atoms with Gasteiger partial charge in [-0.3, -0.25) is 4.99 Å². The van der Waals surface area contributed by atoms with Crippen LogP contribution in [-0.2, 0) is 11.2 Å². The van der Waals surface area contributed by atoms with E-state index in [-0.39, 0.29) is 0 Å². The van der Waals surface area contributed by atoms with Crippen LogP contribution in [0.3, 0.4) is 0 Å². The Morgan fingerprint density at radius 3 is 2.62 bits per heavy atom. The van der Waals surface area contributed by atoms with E-state index in [0.29, 0.717) is 13.2 Å². The molecule has 4 nitrogen and oxygen atoms in total. The molecule has 4 heteroatoms. The maximum atomic E-state index is 5.41. The van der Waals surface area contributed by atoms with Crippen LogP contribution >= 0.6 is 0 Å². The number of rotatable bonds is 5. The minimum absolute atomic E-state index is 0.610. The van der Waals surface area contributed by atoms with Crippen molar-refractivity contribution in [3.05, 3.63) is 35.4 Å². The smallest absolute Gasteiger partial charge is 0.115 e. The predicted molar refractivity (Wildman–Crippen MR) is 66.4 cm³/mol. The lowest BCUT2D eigenvalue weighted by molar-refractivity contribution is 0.208. The Bertz CT molecular complexity index is 333. The van der Waals surface area contributed by atoms with Crippen LogP contribution in [0.1, 0.15) is 11.1 Å². The summed E-state index contributed by atoms with van der Waals surface area (Å²) in [4.78, 5) is 4.31. The standard InChI is InChI=1S/C12H19N3O/c1-10-3-5-11(6-4-10)9-12(15-13)14-7-8-16-2/h3-6H,7-9,13H2,1-2H3,(H,14,15). The summed E-state index contributed by atoms with van der Waals surface area (Å²) in [6.45, 7) is 3.31. The number of nitrogens with zero attached hydrogens (tertiary/aromatic N) is 1. The largest absolute Gasteiger partial charge is 0.383 e. The van der Waals surface area contributed by atoms with Crippen LogP contribution < -0.4 is 11.3 Å². The van der Waals surface area contributed by atoms with E-state index < -0.39 is 0 Å². The lowest BCUT2D eigenvalue weighted by Gasteiger charge is -2.06. The number of hydrogen-bond acceptors (Lipinski definition) is 3. The summed E-state index contributed by atoms with van der Waals surface area (Å²) < 4.78 is 4.93. The molecule has 0 bridgehead atoms. The zero-order chi connectivity index (χ0) is 11.8. The highest BCUT2D eigenvalue weighted by Gasteiger charge is 1.99. The van der Waals surface area contributed by atoms with Gasteiger partial charge in [-0.2, -0.15) is 0 Å². The van der Waals surface area contributed by atoms with E-state index in [0.717, 1.165) is 12.3 Å². The van der Waals surface area contributed by atoms with Gasteiger partial charge in [-0.15, -0.1) is 0 Å². The molecule has 1 rings (SSSR count). The van der Waals surface area contributed by atoms with E-state index in [2.05, 4.69) is 41.6 Å². The third-order valence-electron chi connectivity index (χ3n) is 2.26. The monoisotopic (exact) mass is 221 g/mol. The highest BCUT2D eigenvalue weighted by atomic mass is 16.5. The second kappa shape index (κ2) is 6.98. The molecule has 0 unspecified atom stereocenters. The minimum atomic E-state index is 0.610. The SMILES string of the molecule is COCCN=C(Cc1ccc(C)cc1)NN. The highest BCUT2D eigenvalue weighted by Crippen LogP contribution is 2.04. The quantitative estimate of drug-likeness (QED) is 0.257. The van der Waals surface area contributed by atoms with Gasteiger partial charge >= 0.3 is 0 Å². The number of hydrogen-bond donors (Lipinski definition) is 2. The molecule has 0 fully saturated rings. The lowest BCUT2D eigenvalue weighted by Crippen LogP contribution is -2.32. The van der Waals surface area contributed by atoms with Crippen LogP contribution in [0, 0.1) is 6.92 Å². The average molecular weight is 221 g/mol. The molecule has 16 heavy (non-hydrogen) atoms. The Labute approximate surface area is 96.5 Å². The summed E-state index contributed by atoms with van der Waals surface area (Å²) in [7, 11) is 1.66. The minimum Gasteiger partial charge on any atom is -0.383 e. The molecule has 0 aliphatic rings. The number of nitrogens with one attached hydrogen (secondary N) is 1. The van der Waals surface area contributed by atoms with Gasteiger partial charge in [0, 0.05) is 13.5 Å². The van der Waals surface area contributed by atoms with Crippen LogP contribution in [0.25, 0.3) is 0 Å². The number of benzene rings is 1. The third-order valence-corrected chi connectivity index (χ3v) is 2.26. The molecule has 0 aliphatic heterocycles. The molecule has 0 atom stereocenters. The molecule has 0 saturated carbocycles. The van der Waals surface area contributed by atoms with Crippen molar-refractivity contribution in [1.82, 2.24) is 5.43 Å². The van der Waals surface area contributed by atoms with Gasteiger partial charge in [0.05, 0.1) is 13.2 Å². The maximum Gasteiger partial charge on any atom is 0.115 e. The first-order chi connectivity index (χ1) is 7.76. The second-order valence-corrected chi connectivity index (χ2v) is 3.63. The van der Waals surface area contributed by atoms with Crippen molar-refractivity contribution in [2.45, 2.75) is 13.3 Å². The van der Waals surface area contributed by atoms with Crippen molar-refractivity contribution in [3.63, 3.8) is 0 Å². The van der Waals surface area contributed by atoms with Gasteiger partial charge in [-0.25, -0.2) is 5.84 Å². The molecule has 3 N–H and O–H groups in total. The van der Waals surface area contributed by atoms with Gasteiger partial charge in [0.15, 0.2) is 0 Å². The number of nitrogens with two attached hydrogens (primary N) is 1. The van der Waals surface area contributed by atoms with Gasteiger partial charge < -0.3 is 10.2 Å². The molecule has 88 valence electrons. The molecule has 0 aliphatic carbocycles. The van der Waals surface area contributed by atoms with E-state index >= 15 is 0 Å². The normalized spacial score (nSPS) is 11.6. The van der Waals surface area contributed by atoms with E-state index in [1.54, 1.807) is 7.11 Å². The molecule has 0 saturated heterocycles. The molecule has 1 aromatic rings. The van der Waals surface area contributed by atoms with Gasteiger partial charge in [0.2, 0.25) is 0 Å². The fourth-order valence-electron chi connectivity index (χ4n) is 1.32. The van der Waals surface area contributed by atoms with E-state index in [4.69, 9.17) is 10.6 Å². The highest BCUT2D eigenvalue weighted by molar-refractivity contribution is 5.83. The lowest BCUT2D eigenvalue weighted by atomic mass is 10.1.